The van der Waals surface area contributed by atoms with Gasteiger partial charge in [0, 0.05) is 28.6 Å². The Balaban J connectivity index is 1.64. The minimum absolute atomic E-state index is 0.0455. The molecule has 1 heterocycles. The SMILES string of the molecule is CCOc1cc(C2C3=C(CC(C)(C)CC3=O)Nc3ccccc3N2C(=O)C(C)C)ccc1OCc1ccc(Cl)cc1. The third-order valence-electron chi connectivity index (χ3n) is 7.52. The van der Waals surface area contributed by atoms with E-state index in [0.29, 0.717) is 48.2 Å². The van der Waals surface area contributed by atoms with E-state index in [1.165, 1.54) is 0 Å². The molecule has 3 aromatic rings. The van der Waals surface area contributed by atoms with Gasteiger partial charge in [-0.15, -0.1) is 0 Å². The van der Waals surface area contributed by atoms with Crippen LogP contribution >= 0.6 is 11.6 Å². The van der Waals surface area contributed by atoms with Crippen molar-refractivity contribution in [3.63, 3.8) is 0 Å². The minimum Gasteiger partial charge on any atom is -0.490 e. The molecule has 0 bridgehead atoms. The van der Waals surface area contributed by atoms with Crippen molar-refractivity contribution in [2.45, 2.75) is 60.1 Å². The number of anilines is 2. The smallest absolute Gasteiger partial charge is 0.230 e. The number of carbonyl (C=O) groups excluding carboxylic acids is 2. The Hall–Kier alpha value is -3.77. The van der Waals surface area contributed by atoms with Crippen LogP contribution in [0, 0.1) is 11.3 Å². The number of ether oxygens (including phenoxy) is 2. The number of Topliss-reactive ketones (excluding diaryl/α,β-unsaturated/α-hetero) is 1. The number of halogens is 1. The van der Waals surface area contributed by atoms with Crippen molar-refractivity contribution in [1.82, 2.24) is 0 Å². The molecule has 1 aliphatic heterocycles. The van der Waals surface area contributed by atoms with E-state index >= 15 is 0 Å². The van der Waals surface area contributed by atoms with E-state index in [-0.39, 0.29) is 23.0 Å². The molecule has 1 unspecified atom stereocenters. The lowest BCUT2D eigenvalue weighted by molar-refractivity contribution is -0.122. The summed E-state index contributed by atoms with van der Waals surface area (Å²) in [5, 5.41) is 4.23. The second kappa shape index (κ2) is 11.6. The van der Waals surface area contributed by atoms with Gasteiger partial charge in [0.05, 0.1) is 24.0 Å². The molecule has 3 aromatic carbocycles. The molecular weight excluding hydrogens is 536 g/mol. The normalized spacial score (nSPS) is 17.9. The molecule has 41 heavy (non-hydrogen) atoms. The standard InChI is InChI=1S/C34H37ClN2O4/c1-6-40-30-17-23(13-16-29(30)41-20-22-11-14-24(35)15-12-22)32-31-26(18-34(4,5)19-28(31)38)36-25-9-7-8-10-27(25)37(32)33(39)21(2)3/h7-17,21,32,36H,6,18-20H2,1-5H3. The zero-order valence-electron chi connectivity index (χ0n) is 24.3. The highest BCUT2D eigenvalue weighted by Gasteiger charge is 2.43. The lowest BCUT2D eigenvalue weighted by Crippen LogP contribution is -2.41. The van der Waals surface area contributed by atoms with Crippen LogP contribution < -0.4 is 19.7 Å². The molecule has 6 nitrogen and oxygen atoms in total. The lowest BCUT2D eigenvalue weighted by atomic mass is 9.73. The lowest BCUT2D eigenvalue weighted by Gasteiger charge is -2.37. The molecule has 0 saturated heterocycles. The van der Waals surface area contributed by atoms with Crippen molar-refractivity contribution in [1.29, 1.82) is 0 Å². The number of nitrogens with one attached hydrogen (secondary N) is 1. The zero-order valence-corrected chi connectivity index (χ0v) is 25.0. The quantitative estimate of drug-likeness (QED) is 0.310. The molecule has 0 radical (unpaired) electrons. The van der Waals surface area contributed by atoms with Crippen LogP contribution in [0.2, 0.25) is 5.02 Å². The average molecular weight is 573 g/mol. The maximum Gasteiger partial charge on any atom is 0.230 e. The summed E-state index contributed by atoms with van der Waals surface area (Å²) in [7, 11) is 0. The van der Waals surface area contributed by atoms with Gasteiger partial charge in [-0.1, -0.05) is 69.6 Å². The largest absolute Gasteiger partial charge is 0.490 e. The number of para-hydroxylation sites is 2. The number of benzene rings is 3. The number of hydrogen-bond acceptors (Lipinski definition) is 5. The first-order chi connectivity index (χ1) is 19.6. The fraction of sp³-hybridized carbons (Fsp3) is 0.353. The molecule has 1 amide bonds. The van der Waals surface area contributed by atoms with Gasteiger partial charge < -0.3 is 14.8 Å². The first-order valence-corrected chi connectivity index (χ1v) is 14.5. The highest BCUT2D eigenvalue weighted by atomic mass is 35.5. The third-order valence-corrected chi connectivity index (χ3v) is 7.78. The van der Waals surface area contributed by atoms with Crippen molar-refractivity contribution in [3.05, 3.63) is 94.1 Å². The van der Waals surface area contributed by atoms with Crippen LogP contribution in [0.25, 0.3) is 0 Å². The topological polar surface area (TPSA) is 67.9 Å². The molecule has 7 heteroatoms. The maximum atomic E-state index is 14.0. The molecule has 0 aromatic heterocycles. The van der Waals surface area contributed by atoms with E-state index in [1.807, 2.05) is 87.5 Å². The molecule has 5 rings (SSSR count). The van der Waals surface area contributed by atoms with Crippen LogP contribution in [0.15, 0.2) is 78.0 Å². The van der Waals surface area contributed by atoms with Gasteiger partial charge in [0.1, 0.15) is 6.61 Å². The van der Waals surface area contributed by atoms with Gasteiger partial charge in [-0.3, -0.25) is 14.5 Å². The first-order valence-electron chi connectivity index (χ1n) is 14.2. The number of fused-ring (bicyclic) bond motifs is 1. The van der Waals surface area contributed by atoms with Crippen LogP contribution in [-0.4, -0.2) is 18.3 Å². The van der Waals surface area contributed by atoms with Crippen molar-refractivity contribution >= 4 is 34.7 Å². The van der Waals surface area contributed by atoms with Crippen molar-refractivity contribution in [2.24, 2.45) is 11.3 Å². The van der Waals surface area contributed by atoms with E-state index in [0.717, 1.165) is 28.2 Å². The van der Waals surface area contributed by atoms with Gasteiger partial charge in [-0.05, 0) is 66.3 Å². The predicted octanol–water partition coefficient (Wildman–Crippen LogP) is 8.12. The Morgan fingerprint density at radius 1 is 1.02 bits per heavy atom. The Labute approximate surface area is 247 Å². The Morgan fingerprint density at radius 3 is 2.46 bits per heavy atom. The number of rotatable bonds is 7. The predicted molar refractivity (Wildman–Crippen MR) is 164 cm³/mol. The number of amides is 1. The summed E-state index contributed by atoms with van der Waals surface area (Å²) in [6, 6.07) is 20.4. The van der Waals surface area contributed by atoms with E-state index in [4.69, 9.17) is 21.1 Å². The van der Waals surface area contributed by atoms with E-state index < -0.39 is 6.04 Å². The molecule has 2 aliphatic rings. The molecule has 1 atom stereocenters. The van der Waals surface area contributed by atoms with E-state index in [9.17, 15) is 9.59 Å². The van der Waals surface area contributed by atoms with E-state index in [2.05, 4.69) is 19.2 Å². The Kier molecular flexibility index (Phi) is 8.14. The molecule has 1 aliphatic carbocycles. The third kappa shape index (κ3) is 5.98. The van der Waals surface area contributed by atoms with Crippen LogP contribution in [0.5, 0.6) is 11.5 Å². The van der Waals surface area contributed by atoms with Gasteiger partial charge in [-0.2, -0.15) is 0 Å². The van der Waals surface area contributed by atoms with Gasteiger partial charge in [0.15, 0.2) is 17.3 Å². The van der Waals surface area contributed by atoms with Gasteiger partial charge in [-0.25, -0.2) is 0 Å². The number of carbonyl (C=O) groups is 2. The second-order valence-electron chi connectivity index (χ2n) is 11.8. The van der Waals surface area contributed by atoms with Crippen molar-refractivity contribution < 1.29 is 19.1 Å². The van der Waals surface area contributed by atoms with Crippen LogP contribution in [0.4, 0.5) is 11.4 Å². The van der Waals surface area contributed by atoms with E-state index in [1.54, 1.807) is 4.90 Å². The molecule has 214 valence electrons. The highest BCUT2D eigenvalue weighted by molar-refractivity contribution is 6.30. The monoisotopic (exact) mass is 572 g/mol. The summed E-state index contributed by atoms with van der Waals surface area (Å²) in [4.78, 5) is 29.7. The zero-order chi connectivity index (χ0) is 29.3. The highest BCUT2D eigenvalue weighted by Crippen LogP contribution is 2.49. The number of allylic oxidation sites excluding steroid dienone is 1. The molecular formula is C34H37ClN2O4. The number of nitrogens with zero attached hydrogens (tertiary/aromatic N) is 1. The Morgan fingerprint density at radius 2 is 1.76 bits per heavy atom. The van der Waals surface area contributed by atoms with Crippen molar-refractivity contribution in [2.75, 3.05) is 16.8 Å². The fourth-order valence-electron chi connectivity index (χ4n) is 5.65. The first kappa shape index (κ1) is 28.7. The van der Waals surface area contributed by atoms with Crippen molar-refractivity contribution in [3.8, 4) is 11.5 Å². The van der Waals surface area contributed by atoms with Gasteiger partial charge >= 0.3 is 0 Å². The fourth-order valence-corrected chi connectivity index (χ4v) is 5.77. The maximum absolute atomic E-state index is 14.0. The summed E-state index contributed by atoms with van der Waals surface area (Å²) >= 11 is 6.04. The molecule has 0 spiro atoms. The van der Waals surface area contributed by atoms with Crippen LogP contribution in [-0.2, 0) is 16.2 Å². The van der Waals surface area contributed by atoms with Crippen LogP contribution in [0.1, 0.15) is 64.6 Å². The molecule has 0 fully saturated rings. The summed E-state index contributed by atoms with van der Waals surface area (Å²) in [5.41, 5.74) is 4.63. The summed E-state index contributed by atoms with van der Waals surface area (Å²) in [6.07, 6.45) is 1.11. The number of hydrogen-bond donors (Lipinski definition) is 1. The van der Waals surface area contributed by atoms with Crippen LogP contribution in [0.3, 0.4) is 0 Å². The second-order valence-corrected chi connectivity index (χ2v) is 12.2. The van der Waals surface area contributed by atoms with Gasteiger partial charge in [0.25, 0.3) is 0 Å². The summed E-state index contributed by atoms with van der Waals surface area (Å²) in [5.74, 6) is 0.855. The Bertz CT molecular complexity index is 1490. The molecule has 1 N–H and O–H groups in total. The van der Waals surface area contributed by atoms with Gasteiger partial charge in [0.2, 0.25) is 5.91 Å². The average Bonchev–Trinajstić information content (AvgIpc) is 3.06. The summed E-state index contributed by atoms with van der Waals surface area (Å²) in [6.45, 7) is 10.7. The molecule has 0 saturated carbocycles. The summed E-state index contributed by atoms with van der Waals surface area (Å²) < 4.78 is 12.2. The number of ketones is 1. The minimum atomic E-state index is -0.621.